The van der Waals surface area contributed by atoms with E-state index in [0.717, 1.165) is 22.0 Å². The molecule has 0 bridgehead atoms. The molecule has 1 aromatic heterocycles. The maximum Gasteiger partial charge on any atom is 0.279 e. The van der Waals surface area contributed by atoms with Crippen LogP contribution in [0.3, 0.4) is 0 Å². The number of amides is 2. The Balaban J connectivity index is 1.69. The molecule has 2 amide bonds. The van der Waals surface area contributed by atoms with Crippen molar-refractivity contribution in [3.63, 3.8) is 0 Å². The SMILES string of the molecule is CC(=O)[C@H](Cc1c[nH]c2ccccc12)NC(=O)[C@H](CCCN/C(N)=N\[N+](=O)[O-])NC(=O)[C@H]([NH3+])Cc1ccccc1. The van der Waals surface area contributed by atoms with Gasteiger partial charge in [0.2, 0.25) is 5.91 Å². The number of para-hydroxylation sites is 1. The van der Waals surface area contributed by atoms with E-state index >= 15 is 0 Å². The molecule has 9 N–H and O–H groups in total. The van der Waals surface area contributed by atoms with Crippen molar-refractivity contribution in [2.75, 3.05) is 6.54 Å². The molecule has 0 spiro atoms. The molecule has 0 radical (unpaired) electrons. The van der Waals surface area contributed by atoms with Gasteiger partial charge in [-0.2, -0.15) is 0 Å². The van der Waals surface area contributed by atoms with Gasteiger partial charge in [0.1, 0.15) is 11.1 Å². The zero-order valence-corrected chi connectivity index (χ0v) is 22.3. The number of hydrazone groups is 1. The smallest absolute Gasteiger partial charge is 0.279 e. The van der Waals surface area contributed by atoms with E-state index in [4.69, 9.17) is 5.73 Å². The molecule has 212 valence electrons. The van der Waals surface area contributed by atoms with E-state index in [2.05, 4.69) is 31.8 Å². The Labute approximate surface area is 230 Å². The van der Waals surface area contributed by atoms with Crippen molar-refractivity contribution < 1.29 is 25.1 Å². The fourth-order valence-corrected chi connectivity index (χ4v) is 4.28. The second kappa shape index (κ2) is 14.4. The summed E-state index contributed by atoms with van der Waals surface area (Å²) in [5.74, 6) is -1.53. The van der Waals surface area contributed by atoms with Crippen LogP contribution < -0.4 is 27.4 Å². The van der Waals surface area contributed by atoms with Gasteiger partial charge in [0.05, 0.1) is 6.04 Å². The number of Topliss-reactive ketones (excluding diaryl/α,β-unsaturated/α-hetero) is 1. The molecule has 0 fully saturated rings. The summed E-state index contributed by atoms with van der Waals surface area (Å²) in [5, 5.41) is 21.6. The zero-order valence-electron chi connectivity index (χ0n) is 22.3. The number of fused-ring (bicyclic) bond motifs is 1. The number of benzene rings is 2. The minimum absolute atomic E-state index is 0.173. The van der Waals surface area contributed by atoms with Crippen LogP contribution in [0.1, 0.15) is 30.9 Å². The van der Waals surface area contributed by atoms with Gasteiger partial charge in [-0.15, -0.1) is 0 Å². The van der Waals surface area contributed by atoms with E-state index in [9.17, 15) is 24.5 Å². The predicted molar refractivity (Wildman–Crippen MR) is 149 cm³/mol. The van der Waals surface area contributed by atoms with E-state index in [1.165, 1.54) is 6.92 Å². The number of rotatable bonds is 14. The van der Waals surface area contributed by atoms with Crippen LogP contribution in [0, 0.1) is 10.1 Å². The van der Waals surface area contributed by atoms with Crippen molar-refractivity contribution >= 4 is 34.5 Å². The molecular weight excluding hydrogens is 516 g/mol. The Hall–Kier alpha value is -4.78. The van der Waals surface area contributed by atoms with Gasteiger partial charge in [-0.3, -0.25) is 14.4 Å². The molecule has 3 aromatic rings. The van der Waals surface area contributed by atoms with E-state index in [-0.39, 0.29) is 31.1 Å². The monoisotopic (exact) mass is 551 g/mol. The molecule has 13 heteroatoms. The van der Waals surface area contributed by atoms with Crippen LogP contribution >= 0.6 is 0 Å². The molecule has 0 aliphatic carbocycles. The summed E-state index contributed by atoms with van der Waals surface area (Å²) in [5.41, 5.74) is 12.1. The van der Waals surface area contributed by atoms with Crippen molar-refractivity contribution in [3.8, 4) is 0 Å². The molecule has 0 saturated carbocycles. The Morgan fingerprint density at radius 2 is 1.70 bits per heavy atom. The van der Waals surface area contributed by atoms with Gasteiger partial charge in [0.25, 0.3) is 11.9 Å². The van der Waals surface area contributed by atoms with E-state index in [1.807, 2.05) is 60.8 Å². The highest BCUT2D eigenvalue weighted by Crippen LogP contribution is 2.19. The molecule has 2 aromatic carbocycles. The summed E-state index contributed by atoms with van der Waals surface area (Å²) in [6.45, 7) is 1.58. The van der Waals surface area contributed by atoms with Crippen molar-refractivity contribution in [1.29, 1.82) is 0 Å². The average molecular weight is 552 g/mol. The lowest BCUT2D eigenvalue weighted by atomic mass is 10.0. The molecule has 3 rings (SSSR count). The van der Waals surface area contributed by atoms with Crippen LogP contribution in [0.2, 0.25) is 0 Å². The second-order valence-electron chi connectivity index (χ2n) is 9.48. The van der Waals surface area contributed by atoms with E-state index in [0.29, 0.717) is 12.8 Å². The molecule has 0 saturated heterocycles. The quantitative estimate of drug-likeness (QED) is 0.0530. The van der Waals surface area contributed by atoms with Gasteiger partial charge in [-0.25, -0.2) is 10.1 Å². The maximum absolute atomic E-state index is 13.4. The average Bonchev–Trinajstić information content (AvgIpc) is 3.32. The summed E-state index contributed by atoms with van der Waals surface area (Å²) >= 11 is 0. The minimum atomic E-state index is -0.979. The molecule has 0 unspecified atom stereocenters. The number of hydrogen-bond acceptors (Lipinski definition) is 5. The molecule has 40 heavy (non-hydrogen) atoms. The number of nitrogens with one attached hydrogen (secondary N) is 4. The Kier molecular flexibility index (Phi) is 10.7. The van der Waals surface area contributed by atoms with Crippen molar-refractivity contribution in [2.24, 2.45) is 10.8 Å². The van der Waals surface area contributed by atoms with Crippen LogP contribution in [0.25, 0.3) is 10.9 Å². The largest absolute Gasteiger partial charge is 0.365 e. The molecule has 0 aliphatic heterocycles. The Bertz CT molecular complexity index is 1360. The number of nitrogens with two attached hydrogens (primary N) is 1. The van der Waals surface area contributed by atoms with Gasteiger partial charge < -0.3 is 32.4 Å². The van der Waals surface area contributed by atoms with Crippen molar-refractivity contribution in [3.05, 3.63) is 82.0 Å². The number of aromatic nitrogens is 1. The third-order valence-corrected chi connectivity index (χ3v) is 6.40. The molecule has 3 atom stereocenters. The minimum Gasteiger partial charge on any atom is -0.365 e. The first-order valence-corrected chi connectivity index (χ1v) is 12.9. The number of nitrogens with zero attached hydrogens (tertiary/aromatic N) is 2. The first-order valence-electron chi connectivity index (χ1n) is 12.9. The van der Waals surface area contributed by atoms with Gasteiger partial charge in [-0.1, -0.05) is 48.5 Å². The second-order valence-corrected chi connectivity index (χ2v) is 9.48. The Morgan fingerprint density at radius 3 is 2.40 bits per heavy atom. The summed E-state index contributed by atoms with van der Waals surface area (Å²) in [7, 11) is 0. The number of ketones is 1. The van der Waals surface area contributed by atoms with Crippen LogP contribution in [0.5, 0.6) is 0 Å². The van der Waals surface area contributed by atoms with E-state index in [1.54, 1.807) is 0 Å². The first-order chi connectivity index (χ1) is 19.1. The molecular formula is C27H35N8O5+. The number of H-pyrrole nitrogens is 1. The fraction of sp³-hybridized carbons (Fsp3) is 0.333. The number of nitro groups is 1. The number of quaternary nitrogens is 1. The summed E-state index contributed by atoms with van der Waals surface area (Å²) in [6.07, 6.45) is 2.96. The normalized spacial score (nSPS) is 13.7. The van der Waals surface area contributed by atoms with Gasteiger partial charge in [0, 0.05) is 36.5 Å². The highest BCUT2D eigenvalue weighted by Gasteiger charge is 2.28. The topological polar surface area (TPSA) is 212 Å². The molecule has 0 aliphatic rings. The lowest BCUT2D eigenvalue weighted by Crippen LogP contribution is -2.70. The Morgan fingerprint density at radius 1 is 1.02 bits per heavy atom. The number of aromatic amines is 1. The number of carbonyl (C=O) groups excluding carboxylic acids is 3. The molecule has 13 nitrogen and oxygen atoms in total. The number of hydrogen-bond donors (Lipinski definition) is 6. The highest BCUT2D eigenvalue weighted by atomic mass is 16.7. The highest BCUT2D eigenvalue weighted by molar-refractivity contribution is 5.93. The van der Waals surface area contributed by atoms with Crippen LogP contribution in [0.4, 0.5) is 0 Å². The first kappa shape index (κ1) is 29.8. The van der Waals surface area contributed by atoms with Gasteiger partial charge in [0.15, 0.2) is 16.9 Å². The van der Waals surface area contributed by atoms with Crippen LogP contribution in [-0.4, -0.2) is 58.2 Å². The number of guanidine groups is 1. The lowest BCUT2D eigenvalue weighted by molar-refractivity contribution is -0.485. The predicted octanol–water partition coefficient (Wildman–Crippen LogP) is -0.00160. The maximum atomic E-state index is 13.4. The zero-order chi connectivity index (χ0) is 29.1. The third kappa shape index (κ3) is 8.91. The van der Waals surface area contributed by atoms with Gasteiger partial charge >= 0.3 is 0 Å². The van der Waals surface area contributed by atoms with E-state index < -0.39 is 35.0 Å². The molecule has 1 heterocycles. The summed E-state index contributed by atoms with van der Waals surface area (Å²) in [4.78, 5) is 52.5. The summed E-state index contributed by atoms with van der Waals surface area (Å²) in [6, 6.07) is 14.6. The van der Waals surface area contributed by atoms with Crippen LogP contribution in [0.15, 0.2) is 65.9 Å². The van der Waals surface area contributed by atoms with Crippen molar-refractivity contribution in [1.82, 2.24) is 20.9 Å². The van der Waals surface area contributed by atoms with Gasteiger partial charge in [-0.05, 0) is 37.0 Å². The summed E-state index contributed by atoms with van der Waals surface area (Å²) < 4.78 is 0. The van der Waals surface area contributed by atoms with Crippen LogP contribution in [-0.2, 0) is 27.2 Å². The lowest BCUT2D eigenvalue weighted by Gasteiger charge is -2.23. The third-order valence-electron chi connectivity index (χ3n) is 6.40. The fourth-order valence-electron chi connectivity index (χ4n) is 4.28. The van der Waals surface area contributed by atoms with Crippen molar-refractivity contribution in [2.45, 2.75) is 50.7 Å². The standard InChI is InChI=1S/C27H34N8O5/c1-17(36)24(15-19-16-31-22-11-6-5-10-20(19)22)33-26(38)23(12-7-13-30-27(29)34-35(39)40)32-25(37)21(28)14-18-8-3-2-4-9-18/h2-6,8-11,16,21,23-24,31H,7,12-15,28H2,1H3,(H,32,37)(H,33,38)(H3,29,30,34)/p+1/t21-,23+,24+/m1/s1. The number of carbonyl (C=O) groups is 3.